The van der Waals surface area contributed by atoms with Gasteiger partial charge in [0.05, 0.1) is 18.9 Å². The Bertz CT molecular complexity index is 824. The molecule has 28 heavy (non-hydrogen) atoms. The summed E-state index contributed by atoms with van der Waals surface area (Å²) in [5.74, 6) is 2.69. The average Bonchev–Trinajstić information content (AvgIpc) is 3.23. The first-order valence-corrected chi connectivity index (χ1v) is 10.4. The van der Waals surface area contributed by atoms with E-state index < -0.39 is 0 Å². The molecule has 5 rings (SSSR count). The van der Waals surface area contributed by atoms with Crippen molar-refractivity contribution in [3.8, 4) is 0 Å². The molecule has 8 heteroatoms. The highest BCUT2D eigenvalue weighted by Crippen LogP contribution is 2.25. The number of piperidine rings is 1. The molecule has 2 aliphatic heterocycles. The van der Waals surface area contributed by atoms with Gasteiger partial charge in [-0.25, -0.2) is 4.98 Å². The summed E-state index contributed by atoms with van der Waals surface area (Å²) in [6.45, 7) is 5.12. The van der Waals surface area contributed by atoms with Crippen LogP contribution in [-0.2, 0) is 17.6 Å². The largest absolute Gasteiger partial charge is 0.378 e. The number of fused-ring (bicyclic) bond motifs is 1. The summed E-state index contributed by atoms with van der Waals surface area (Å²) < 4.78 is 5.43. The van der Waals surface area contributed by atoms with E-state index in [-0.39, 0.29) is 0 Å². The molecule has 1 unspecified atom stereocenters. The Balaban J connectivity index is 1.26. The zero-order chi connectivity index (χ0) is 18.8. The second-order valence-electron chi connectivity index (χ2n) is 7.80. The standard InChI is InChI=1S/C20H27N7O/c1-3-15-13-19(25-24-17(15)5-1)27-8-2-4-16(14-27)22-18-6-7-21-20(23-18)26-9-11-28-12-10-26/h6-7,13,16H,1-5,8-12,14H2,(H,21,22,23). The molecule has 1 N–H and O–H groups in total. The summed E-state index contributed by atoms with van der Waals surface area (Å²) in [6, 6.07) is 4.55. The number of aromatic nitrogens is 4. The van der Waals surface area contributed by atoms with Crippen molar-refractivity contribution in [1.29, 1.82) is 0 Å². The first-order valence-electron chi connectivity index (χ1n) is 10.4. The predicted molar refractivity (Wildman–Crippen MR) is 108 cm³/mol. The summed E-state index contributed by atoms with van der Waals surface area (Å²) in [4.78, 5) is 13.7. The van der Waals surface area contributed by atoms with Gasteiger partial charge >= 0.3 is 0 Å². The van der Waals surface area contributed by atoms with E-state index >= 15 is 0 Å². The van der Waals surface area contributed by atoms with Crippen LogP contribution < -0.4 is 15.1 Å². The highest BCUT2D eigenvalue weighted by Gasteiger charge is 2.23. The molecule has 0 amide bonds. The molecule has 0 radical (unpaired) electrons. The van der Waals surface area contributed by atoms with Crippen LogP contribution in [0.15, 0.2) is 18.3 Å². The van der Waals surface area contributed by atoms with Crippen LogP contribution in [0.4, 0.5) is 17.6 Å². The summed E-state index contributed by atoms with van der Waals surface area (Å²) in [5, 5.41) is 12.6. The third kappa shape index (κ3) is 3.73. The van der Waals surface area contributed by atoms with Gasteiger partial charge in [-0.3, -0.25) is 0 Å². The molecule has 8 nitrogen and oxygen atoms in total. The zero-order valence-corrected chi connectivity index (χ0v) is 16.2. The third-order valence-electron chi connectivity index (χ3n) is 5.84. The average molecular weight is 381 g/mol. The lowest BCUT2D eigenvalue weighted by Gasteiger charge is -2.34. The van der Waals surface area contributed by atoms with E-state index in [4.69, 9.17) is 9.72 Å². The van der Waals surface area contributed by atoms with Gasteiger partial charge in [0.1, 0.15) is 5.82 Å². The van der Waals surface area contributed by atoms with Gasteiger partial charge in [-0.15, -0.1) is 5.10 Å². The topological polar surface area (TPSA) is 79.3 Å². The van der Waals surface area contributed by atoms with Crippen molar-refractivity contribution < 1.29 is 4.74 Å². The van der Waals surface area contributed by atoms with Crippen LogP contribution in [0.5, 0.6) is 0 Å². The van der Waals surface area contributed by atoms with E-state index in [2.05, 4.69) is 36.4 Å². The van der Waals surface area contributed by atoms with E-state index in [9.17, 15) is 0 Å². The lowest BCUT2D eigenvalue weighted by molar-refractivity contribution is 0.122. The number of ether oxygens (including phenoxy) is 1. The van der Waals surface area contributed by atoms with Crippen molar-refractivity contribution in [3.05, 3.63) is 29.6 Å². The SMILES string of the molecule is c1cc(NC2CCCN(c3cc4c(nn3)CCC4)C2)nc(N2CCOCC2)n1. The van der Waals surface area contributed by atoms with Crippen molar-refractivity contribution in [2.45, 2.75) is 38.1 Å². The van der Waals surface area contributed by atoms with Gasteiger partial charge < -0.3 is 19.9 Å². The minimum absolute atomic E-state index is 0.344. The molecule has 1 atom stereocenters. The Morgan fingerprint density at radius 3 is 2.89 bits per heavy atom. The summed E-state index contributed by atoms with van der Waals surface area (Å²) in [6.07, 6.45) is 7.53. The Morgan fingerprint density at radius 2 is 1.96 bits per heavy atom. The highest BCUT2D eigenvalue weighted by atomic mass is 16.5. The van der Waals surface area contributed by atoms with E-state index in [1.807, 2.05) is 12.3 Å². The molecule has 4 heterocycles. The number of morpholine rings is 1. The second kappa shape index (κ2) is 7.87. The Kier molecular flexibility index (Phi) is 4.95. The monoisotopic (exact) mass is 381 g/mol. The summed E-state index contributed by atoms with van der Waals surface area (Å²) in [5.41, 5.74) is 2.57. The molecule has 0 bridgehead atoms. The number of nitrogens with zero attached hydrogens (tertiary/aromatic N) is 6. The molecule has 0 spiro atoms. The summed E-state index contributed by atoms with van der Waals surface area (Å²) in [7, 11) is 0. The Hall–Kier alpha value is -2.48. The molecule has 2 aromatic heterocycles. The van der Waals surface area contributed by atoms with Crippen molar-refractivity contribution >= 4 is 17.6 Å². The molecule has 148 valence electrons. The van der Waals surface area contributed by atoms with Crippen molar-refractivity contribution in [2.24, 2.45) is 0 Å². The number of nitrogens with one attached hydrogen (secondary N) is 1. The Labute approximate surface area is 165 Å². The number of hydrogen-bond acceptors (Lipinski definition) is 8. The van der Waals surface area contributed by atoms with Gasteiger partial charge in [0, 0.05) is 38.4 Å². The van der Waals surface area contributed by atoms with Crippen molar-refractivity contribution in [1.82, 2.24) is 20.2 Å². The molecule has 0 aromatic carbocycles. The third-order valence-corrected chi connectivity index (χ3v) is 5.84. The minimum atomic E-state index is 0.344. The molecule has 1 aliphatic carbocycles. The second-order valence-corrected chi connectivity index (χ2v) is 7.80. The van der Waals surface area contributed by atoms with Gasteiger partial charge in [0.15, 0.2) is 5.82 Å². The quantitative estimate of drug-likeness (QED) is 0.857. The van der Waals surface area contributed by atoms with Gasteiger partial charge in [-0.05, 0) is 49.8 Å². The molecule has 2 saturated heterocycles. The predicted octanol–water partition coefficient (Wildman–Crippen LogP) is 1.67. The molecule has 2 fully saturated rings. The van der Waals surface area contributed by atoms with Crippen LogP contribution >= 0.6 is 0 Å². The van der Waals surface area contributed by atoms with Gasteiger partial charge in [0.25, 0.3) is 0 Å². The van der Waals surface area contributed by atoms with Crippen LogP contribution in [0.25, 0.3) is 0 Å². The number of rotatable bonds is 4. The molecule has 3 aliphatic rings. The molecule has 0 saturated carbocycles. The number of aryl methyl sites for hydroxylation is 2. The maximum Gasteiger partial charge on any atom is 0.227 e. The van der Waals surface area contributed by atoms with Crippen LogP contribution in [-0.4, -0.2) is 65.6 Å². The molecule has 2 aromatic rings. The first kappa shape index (κ1) is 17.6. The van der Waals surface area contributed by atoms with Crippen molar-refractivity contribution in [2.75, 3.05) is 54.5 Å². The van der Waals surface area contributed by atoms with Crippen LogP contribution in [0.1, 0.15) is 30.5 Å². The van der Waals surface area contributed by atoms with Crippen LogP contribution in [0.3, 0.4) is 0 Å². The van der Waals surface area contributed by atoms with E-state index in [1.165, 1.54) is 17.7 Å². The first-order chi connectivity index (χ1) is 13.8. The smallest absolute Gasteiger partial charge is 0.227 e. The van der Waals surface area contributed by atoms with E-state index in [1.54, 1.807) is 0 Å². The van der Waals surface area contributed by atoms with E-state index in [0.29, 0.717) is 6.04 Å². The van der Waals surface area contributed by atoms with Gasteiger partial charge in [-0.1, -0.05) is 0 Å². The maximum atomic E-state index is 5.43. The fourth-order valence-electron chi connectivity index (χ4n) is 4.33. The summed E-state index contributed by atoms with van der Waals surface area (Å²) >= 11 is 0. The number of anilines is 3. The van der Waals surface area contributed by atoms with Gasteiger partial charge in [0.2, 0.25) is 5.95 Å². The van der Waals surface area contributed by atoms with Crippen LogP contribution in [0, 0.1) is 0 Å². The fourth-order valence-corrected chi connectivity index (χ4v) is 4.33. The Morgan fingerprint density at radius 1 is 1.04 bits per heavy atom. The lowest BCUT2D eigenvalue weighted by atomic mass is 10.1. The lowest BCUT2D eigenvalue weighted by Crippen LogP contribution is -2.43. The minimum Gasteiger partial charge on any atom is -0.378 e. The molecular formula is C20H27N7O. The maximum absolute atomic E-state index is 5.43. The molecular weight excluding hydrogens is 354 g/mol. The zero-order valence-electron chi connectivity index (χ0n) is 16.2. The normalized spacial score (nSPS) is 22.2. The van der Waals surface area contributed by atoms with Crippen LogP contribution in [0.2, 0.25) is 0 Å². The van der Waals surface area contributed by atoms with Gasteiger partial charge in [-0.2, -0.15) is 10.1 Å². The highest BCUT2D eigenvalue weighted by molar-refractivity contribution is 5.46. The van der Waals surface area contributed by atoms with Crippen molar-refractivity contribution in [3.63, 3.8) is 0 Å². The fraction of sp³-hybridized carbons (Fsp3) is 0.600. The number of hydrogen-bond donors (Lipinski definition) is 1. The van der Waals surface area contributed by atoms with E-state index in [0.717, 1.165) is 82.7 Å².